The van der Waals surface area contributed by atoms with E-state index in [1.165, 1.54) is 19.2 Å². The highest BCUT2D eigenvalue weighted by molar-refractivity contribution is 8.00. The average Bonchev–Trinajstić information content (AvgIpc) is 2.40. The summed E-state index contributed by atoms with van der Waals surface area (Å²) in [7, 11) is -3.18. The van der Waals surface area contributed by atoms with Gasteiger partial charge in [-0.15, -0.1) is 0 Å². The van der Waals surface area contributed by atoms with Crippen LogP contribution < -0.4 is 0 Å². The van der Waals surface area contributed by atoms with Gasteiger partial charge in [-0.3, -0.25) is 9.69 Å². The summed E-state index contributed by atoms with van der Waals surface area (Å²) in [6.07, 6.45) is 1.24. The molecule has 1 aromatic rings. The maximum atomic E-state index is 11.9. The van der Waals surface area contributed by atoms with Crippen molar-refractivity contribution in [3.63, 3.8) is 0 Å². The van der Waals surface area contributed by atoms with Gasteiger partial charge in [0.15, 0.2) is 15.6 Å². The van der Waals surface area contributed by atoms with Gasteiger partial charge in [0, 0.05) is 42.0 Å². The summed E-state index contributed by atoms with van der Waals surface area (Å²) < 4.78 is 23.8. The van der Waals surface area contributed by atoms with Gasteiger partial charge in [-0.2, -0.15) is 11.8 Å². The van der Waals surface area contributed by atoms with E-state index in [0.29, 0.717) is 30.0 Å². The van der Waals surface area contributed by atoms with Crippen molar-refractivity contribution in [3.8, 4) is 5.75 Å². The molecule has 1 heterocycles. The van der Waals surface area contributed by atoms with Crippen molar-refractivity contribution in [2.24, 2.45) is 0 Å². The first-order valence-electron chi connectivity index (χ1n) is 6.62. The number of ketones is 1. The zero-order valence-electron chi connectivity index (χ0n) is 12.1. The molecule has 1 atom stereocenters. The Morgan fingerprint density at radius 3 is 2.81 bits per heavy atom. The molecule has 0 saturated carbocycles. The van der Waals surface area contributed by atoms with Crippen LogP contribution in [0.25, 0.3) is 0 Å². The van der Waals surface area contributed by atoms with Gasteiger partial charge in [0.05, 0.1) is 0 Å². The molecule has 21 heavy (non-hydrogen) atoms. The van der Waals surface area contributed by atoms with Gasteiger partial charge in [0.2, 0.25) is 0 Å². The normalized spacial score (nSPS) is 20.4. The minimum absolute atomic E-state index is 0.0786. The van der Waals surface area contributed by atoms with Gasteiger partial charge in [0.25, 0.3) is 0 Å². The van der Waals surface area contributed by atoms with Gasteiger partial charge in [-0.05, 0) is 25.1 Å². The Hall–Kier alpha value is -1.05. The highest BCUT2D eigenvalue weighted by atomic mass is 32.2. The lowest BCUT2D eigenvalue weighted by atomic mass is 10.1. The standard InChI is InChI=1S/C14H19NO4S2/c1-10(16)11-3-4-13(17)12(7-11)8-15-5-6-20-9-14(15)21(2,18)19/h3-4,7,14,17H,5-6,8-9H2,1-2H3. The molecule has 0 aromatic heterocycles. The van der Waals surface area contributed by atoms with Crippen LogP contribution in [0.15, 0.2) is 18.2 Å². The molecule has 5 nitrogen and oxygen atoms in total. The molecule has 2 rings (SSSR count). The highest BCUT2D eigenvalue weighted by Gasteiger charge is 2.31. The number of phenolic OH excluding ortho intramolecular Hbond substituents is 1. The van der Waals surface area contributed by atoms with Crippen molar-refractivity contribution < 1.29 is 18.3 Å². The van der Waals surface area contributed by atoms with E-state index in [-0.39, 0.29) is 11.5 Å². The zero-order chi connectivity index (χ0) is 15.6. The molecule has 0 bridgehead atoms. The number of carbonyl (C=O) groups excluding carboxylic acids is 1. The lowest BCUT2D eigenvalue weighted by Crippen LogP contribution is -2.46. The molecule has 7 heteroatoms. The first kappa shape index (κ1) is 16.3. The minimum Gasteiger partial charge on any atom is -0.508 e. The fraction of sp³-hybridized carbons (Fsp3) is 0.500. The van der Waals surface area contributed by atoms with Crippen molar-refractivity contribution in [1.29, 1.82) is 0 Å². The molecular formula is C14H19NO4S2. The second-order valence-electron chi connectivity index (χ2n) is 5.23. The summed E-state index contributed by atoms with van der Waals surface area (Å²) >= 11 is 1.62. The molecule has 1 fully saturated rings. The van der Waals surface area contributed by atoms with E-state index >= 15 is 0 Å². The van der Waals surface area contributed by atoms with Crippen LogP contribution in [0.5, 0.6) is 5.75 Å². The molecule has 1 aliphatic heterocycles. The number of nitrogens with zero attached hydrogens (tertiary/aromatic N) is 1. The highest BCUT2D eigenvalue weighted by Crippen LogP contribution is 2.26. The van der Waals surface area contributed by atoms with E-state index in [1.807, 2.05) is 4.90 Å². The van der Waals surface area contributed by atoms with Crippen LogP contribution in [0.1, 0.15) is 22.8 Å². The number of phenols is 1. The smallest absolute Gasteiger partial charge is 0.164 e. The second-order valence-corrected chi connectivity index (χ2v) is 8.58. The van der Waals surface area contributed by atoms with Crippen LogP contribution in [-0.2, 0) is 16.4 Å². The molecule has 1 saturated heterocycles. The Morgan fingerprint density at radius 2 is 2.19 bits per heavy atom. The van der Waals surface area contributed by atoms with Gasteiger partial charge in [-0.25, -0.2) is 8.42 Å². The summed E-state index contributed by atoms with van der Waals surface area (Å²) in [5.41, 5.74) is 1.10. The maximum absolute atomic E-state index is 11.9. The summed E-state index contributed by atoms with van der Waals surface area (Å²) in [5.74, 6) is 1.40. The Kier molecular flexibility index (Phi) is 4.95. The van der Waals surface area contributed by atoms with Gasteiger partial charge in [-0.1, -0.05) is 0 Å². The van der Waals surface area contributed by atoms with E-state index in [4.69, 9.17) is 0 Å². The quantitative estimate of drug-likeness (QED) is 0.844. The van der Waals surface area contributed by atoms with Crippen molar-refractivity contribution in [2.45, 2.75) is 18.8 Å². The summed E-state index contributed by atoms with van der Waals surface area (Å²) in [5, 5.41) is 9.40. The Morgan fingerprint density at radius 1 is 1.48 bits per heavy atom. The SMILES string of the molecule is CC(=O)c1ccc(O)c(CN2CCSCC2S(C)(=O)=O)c1. The van der Waals surface area contributed by atoms with Crippen LogP contribution in [0, 0.1) is 0 Å². The first-order valence-corrected chi connectivity index (χ1v) is 9.73. The van der Waals surface area contributed by atoms with Crippen LogP contribution in [0.3, 0.4) is 0 Å². The number of hydrogen-bond acceptors (Lipinski definition) is 6. The van der Waals surface area contributed by atoms with E-state index in [2.05, 4.69) is 0 Å². The summed E-state index contributed by atoms with van der Waals surface area (Å²) in [6, 6.07) is 4.69. The van der Waals surface area contributed by atoms with E-state index < -0.39 is 15.2 Å². The number of hydrogen-bond donors (Lipinski definition) is 1. The van der Waals surface area contributed by atoms with E-state index in [1.54, 1.807) is 23.9 Å². The second kappa shape index (κ2) is 6.37. The molecule has 0 radical (unpaired) electrons. The summed E-state index contributed by atoms with van der Waals surface area (Å²) in [6.45, 7) is 2.43. The molecular weight excluding hydrogens is 310 g/mol. The van der Waals surface area contributed by atoms with Gasteiger partial charge in [0.1, 0.15) is 11.1 Å². The first-order chi connectivity index (χ1) is 9.79. The average molecular weight is 329 g/mol. The van der Waals surface area contributed by atoms with Crippen LogP contribution in [-0.4, -0.2) is 53.9 Å². The van der Waals surface area contributed by atoms with Gasteiger partial charge >= 0.3 is 0 Å². The number of aromatic hydroxyl groups is 1. The van der Waals surface area contributed by atoms with Crippen LogP contribution in [0.4, 0.5) is 0 Å². The largest absolute Gasteiger partial charge is 0.508 e. The van der Waals surface area contributed by atoms with Crippen LogP contribution >= 0.6 is 11.8 Å². The molecule has 0 amide bonds. The third-order valence-electron chi connectivity index (χ3n) is 3.54. The number of rotatable bonds is 4. The Labute approximate surface area is 129 Å². The van der Waals surface area contributed by atoms with E-state index in [9.17, 15) is 18.3 Å². The zero-order valence-corrected chi connectivity index (χ0v) is 13.7. The Bertz CT molecular complexity index is 642. The predicted octanol–water partition coefficient (Wildman–Crippen LogP) is 1.51. The third kappa shape index (κ3) is 3.99. The lowest BCUT2D eigenvalue weighted by Gasteiger charge is -2.34. The van der Waals surface area contributed by atoms with Crippen molar-refractivity contribution in [3.05, 3.63) is 29.3 Å². The van der Waals surface area contributed by atoms with Gasteiger partial charge < -0.3 is 5.11 Å². The number of thioether (sulfide) groups is 1. The number of carbonyl (C=O) groups is 1. The fourth-order valence-electron chi connectivity index (χ4n) is 2.34. The van der Waals surface area contributed by atoms with Crippen molar-refractivity contribution >= 4 is 27.4 Å². The lowest BCUT2D eigenvalue weighted by molar-refractivity contribution is 0.101. The fourth-order valence-corrected chi connectivity index (χ4v) is 5.28. The number of benzene rings is 1. The molecule has 1 aliphatic rings. The maximum Gasteiger partial charge on any atom is 0.164 e. The number of Topliss-reactive ketones (excluding diaryl/α,β-unsaturated/α-hetero) is 1. The summed E-state index contributed by atoms with van der Waals surface area (Å²) in [4.78, 5) is 13.3. The predicted molar refractivity (Wildman–Crippen MR) is 84.5 cm³/mol. The molecule has 1 aromatic carbocycles. The molecule has 116 valence electrons. The topological polar surface area (TPSA) is 74.7 Å². The molecule has 0 aliphatic carbocycles. The van der Waals surface area contributed by atoms with Crippen molar-refractivity contribution in [2.75, 3.05) is 24.3 Å². The third-order valence-corrected chi connectivity index (χ3v) is 6.23. The number of sulfone groups is 1. The molecule has 0 spiro atoms. The Balaban J connectivity index is 2.27. The van der Waals surface area contributed by atoms with Crippen molar-refractivity contribution in [1.82, 2.24) is 4.90 Å². The van der Waals surface area contributed by atoms with E-state index in [0.717, 1.165) is 5.75 Å². The monoisotopic (exact) mass is 329 g/mol. The minimum atomic E-state index is -3.18. The molecule has 1 N–H and O–H groups in total. The molecule has 1 unspecified atom stereocenters. The van der Waals surface area contributed by atoms with Crippen LogP contribution in [0.2, 0.25) is 0 Å².